The number of benzene rings is 1. The fraction of sp³-hybridized carbons (Fsp3) is 0.429. The van der Waals surface area contributed by atoms with Crippen molar-refractivity contribution in [2.45, 2.75) is 17.9 Å². The van der Waals surface area contributed by atoms with Gasteiger partial charge in [-0.15, -0.1) is 0 Å². The maximum absolute atomic E-state index is 12.6. The molecule has 1 aliphatic heterocycles. The van der Waals surface area contributed by atoms with E-state index in [1.54, 1.807) is 6.07 Å². The third kappa shape index (κ3) is 3.76. The fourth-order valence-electron chi connectivity index (χ4n) is 2.07. The average molecular weight is 330 g/mol. The van der Waals surface area contributed by atoms with Crippen LogP contribution in [0.3, 0.4) is 0 Å². The zero-order chi connectivity index (χ0) is 15.5. The highest BCUT2D eigenvalue weighted by Gasteiger charge is 2.30. The minimum Gasteiger partial charge on any atom is -0.384 e. The molecule has 1 aromatic rings. The number of hydrogen-bond donors (Lipinski definition) is 1. The van der Waals surface area contributed by atoms with Crippen molar-refractivity contribution >= 4 is 21.6 Å². The molecule has 0 spiro atoms. The first kappa shape index (κ1) is 16.3. The van der Waals surface area contributed by atoms with Crippen LogP contribution in [0.4, 0.5) is 0 Å². The number of rotatable bonds is 2. The second-order valence-electron chi connectivity index (χ2n) is 4.65. The van der Waals surface area contributed by atoms with Crippen molar-refractivity contribution in [3.63, 3.8) is 0 Å². The van der Waals surface area contributed by atoms with E-state index in [0.717, 1.165) is 0 Å². The molecule has 0 aliphatic carbocycles. The minimum absolute atomic E-state index is 0.0628. The normalized spacial score (nSPS) is 19.9. The number of ether oxygens (including phenoxy) is 1. The summed E-state index contributed by atoms with van der Waals surface area (Å²) in [5, 5.41) is 8.78. The SMILES string of the molecule is CC1CN(S(=O)(=O)c2ccc(C#CCO)cc2Cl)CCO1. The van der Waals surface area contributed by atoms with E-state index in [2.05, 4.69) is 11.8 Å². The van der Waals surface area contributed by atoms with Crippen LogP contribution in [0.25, 0.3) is 0 Å². The van der Waals surface area contributed by atoms with Gasteiger partial charge in [-0.05, 0) is 25.1 Å². The Balaban J connectivity index is 2.32. The van der Waals surface area contributed by atoms with Gasteiger partial charge in [-0.2, -0.15) is 4.31 Å². The monoisotopic (exact) mass is 329 g/mol. The number of sulfonamides is 1. The lowest BCUT2D eigenvalue weighted by Gasteiger charge is -2.30. The third-order valence-corrected chi connectivity index (χ3v) is 5.41. The van der Waals surface area contributed by atoms with E-state index in [0.29, 0.717) is 25.3 Å². The summed E-state index contributed by atoms with van der Waals surface area (Å²) < 4.78 is 31.9. The largest absolute Gasteiger partial charge is 0.384 e. The molecule has 114 valence electrons. The number of halogens is 1. The molecule has 1 N–H and O–H groups in total. The van der Waals surface area contributed by atoms with E-state index in [9.17, 15) is 8.42 Å². The van der Waals surface area contributed by atoms with Crippen LogP contribution in [0.15, 0.2) is 23.1 Å². The van der Waals surface area contributed by atoms with Gasteiger partial charge < -0.3 is 9.84 Å². The zero-order valence-corrected chi connectivity index (χ0v) is 13.1. The van der Waals surface area contributed by atoms with Crippen molar-refractivity contribution in [3.8, 4) is 11.8 Å². The third-order valence-electron chi connectivity index (χ3n) is 3.07. The summed E-state index contributed by atoms with van der Waals surface area (Å²) in [4.78, 5) is 0.0628. The fourth-order valence-corrected chi connectivity index (χ4v) is 4.09. The van der Waals surface area contributed by atoms with Gasteiger partial charge in [0.2, 0.25) is 10.0 Å². The number of nitrogens with zero attached hydrogens (tertiary/aromatic N) is 1. The van der Waals surface area contributed by atoms with Crippen LogP contribution in [0.1, 0.15) is 12.5 Å². The molecule has 2 rings (SSSR count). The summed E-state index contributed by atoms with van der Waals surface area (Å²) in [6, 6.07) is 4.51. The van der Waals surface area contributed by atoms with E-state index in [-0.39, 0.29) is 22.6 Å². The van der Waals surface area contributed by atoms with Crippen molar-refractivity contribution in [2.24, 2.45) is 0 Å². The number of aliphatic hydroxyl groups excluding tert-OH is 1. The van der Waals surface area contributed by atoms with Crippen LogP contribution < -0.4 is 0 Å². The van der Waals surface area contributed by atoms with E-state index < -0.39 is 10.0 Å². The molecular formula is C14H16ClNO4S. The van der Waals surface area contributed by atoms with Crippen LogP contribution in [-0.2, 0) is 14.8 Å². The Labute approximate surface area is 129 Å². The van der Waals surface area contributed by atoms with E-state index in [4.69, 9.17) is 21.4 Å². The Hall–Kier alpha value is -1.10. The van der Waals surface area contributed by atoms with Crippen molar-refractivity contribution in [3.05, 3.63) is 28.8 Å². The number of aliphatic hydroxyl groups is 1. The molecule has 7 heteroatoms. The lowest BCUT2D eigenvalue weighted by molar-refractivity contribution is 0.0102. The maximum Gasteiger partial charge on any atom is 0.244 e. The molecule has 1 aromatic carbocycles. The first-order valence-corrected chi connectivity index (χ1v) is 8.28. The zero-order valence-electron chi connectivity index (χ0n) is 11.5. The predicted octanol–water partition coefficient (Wildman–Crippen LogP) is 1.09. The molecule has 0 radical (unpaired) electrons. The molecule has 1 aliphatic rings. The Kier molecular flexibility index (Phi) is 5.25. The van der Waals surface area contributed by atoms with E-state index in [1.165, 1.54) is 16.4 Å². The van der Waals surface area contributed by atoms with Crippen LogP contribution in [0.5, 0.6) is 0 Å². The van der Waals surface area contributed by atoms with Gasteiger partial charge in [0.1, 0.15) is 11.5 Å². The highest BCUT2D eigenvalue weighted by molar-refractivity contribution is 7.89. The summed E-state index contributed by atoms with van der Waals surface area (Å²) in [5.74, 6) is 5.18. The van der Waals surface area contributed by atoms with Crippen LogP contribution in [-0.4, -0.2) is 50.2 Å². The highest BCUT2D eigenvalue weighted by atomic mass is 35.5. The lowest BCUT2D eigenvalue weighted by atomic mass is 10.2. The maximum atomic E-state index is 12.6. The molecule has 1 fully saturated rings. The van der Waals surface area contributed by atoms with Gasteiger partial charge in [-0.25, -0.2) is 8.42 Å². The molecule has 0 bridgehead atoms. The quantitative estimate of drug-likeness (QED) is 0.825. The van der Waals surface area contributed by atoms with Gasteiger partial charge in [0.25, 0.3) is 0 Å². The first-order chi connectivity index (χ1) is 9.95. The standard InChI is InChI=1S/C14H16ClNO4S/c1-11-10-16(6-8-20-11)21(18,19)14-5-4-12(3-2-7-17)9-13(14)15/h4-5,9,11,17H,6-8,10H2,1H3. The van der Waals surface area contributed by atoms with Crippen molar-refractivity contribution in [2.75, 3.05) is 26.3 Å². The van der Waals surface area contributed by atoms with Gasteiger partial charge in [-0.3, -0.25) is 0 Å². The molecule has 0 amide bonds. The van der Waals surface area contributed by atoms with E-state index in [1.807, 2.05) is 6.92 Å². The number of morpholine rings is 1. The molecule has 1 atom stereocenters. The van der Waals surface area contributed by atoms with E-state index >= 15 is 0 Å². The summed E-state index contributed by atoms with van der Waals surface area (Å²) in [7, 11) is -3.64. The van der Waals surface area contributed by atoms with Crippen LogP contribution in [0, 0.1) is 11.8 Å². The molecule has 0 saturated carbocycles. The van der Waals surface area contributed by atoms with Gasteiger partial charge in [0, 0.05) is 18.7 Å². The van der Waals surface area contributed by atoms with Gasteiger partial charge in [0.05, 0.1) is 17.7 Å². The summed E-state index contributed by atoms with van der Waals surface area (Å²) in [5.41, 5.74) is 0.559. The topological polar surface area (TPSA) is 66.8 Å². The Morgan fingerprint density at radius 3 is 2.90 bits per heavy atom. The molecule has 0 aromatic heterocycles. The average Bonchev–Trinajstić information content (AvgIpc) is 2.45. The molecule has 1 unspecified atom stereocenters. The molecule has 1 saturated heterocycles. The molecule has 21 heavy (non-hydrogen) atoms. The molecule has 5 nitrogen and oxygen atoms in total. The summed E-state index contributed by atoms with van der Waals surface area (Å²) in [6.45, 7) is 2.57. The highest BCUT2D eigenvalue weighted by Crippen LogP contribution is 2.26. The Morgan fingerprint density at radius 1 is 1.52 bits per heavy atom. The molecular weight excluding hydrogens is 314 g/mol. The van der Waals surface area contributed by atoms with Gasteiger partial charge >= 0.3 is 0 Å². The summed E-state index contributed by atoms with van der Waals surface area (Å²) >= 11 is 6.08. The molecule has 1 heterocycles. The second kappa shape index (κ2) is 6.77. The van der Waals surface area contributed by atoms with Crippen molar-refractivity contribution < 1.29 is 18.3 Å². The number of hydrogen-bond acceptors (Lipinski definition) is 4. The van der Waals surface area contributed by atoms with Crippen molar-refractivity contribution in [1.29, 1.82) is 0 Å². The van der Waals surface area contributed by atoms with Crippen LogP contribution >= 0.6 is 11.6 Å². The first-order valence-electron chi connectivity index (χ1n) is 6.46. The Morgan fingerprint density at radius 2 is 2.29 bits per heavy atom. The van der Waals surface area contributed by atoms with Gasteiger partial charge in [-0.1, -0.05) is 23.4 Å². The summed E-state index contributed by atoms with van der Waals surface area (Å²) in [6.07, 6.45) is -0.137. The second-order valence-corrected chi connectivity index (χ2v) is 6.96. The minimum atomic E-state index is -3.64. The Bertz CT molecular complexity index is 678. The predicted molar refractivity (Wildman–Crippen MR) is 79.6 cm³/mol. The van der Waals surface area contributed by atoms with Crippen LogP contribution in [0.2, 0.25) is 5.02 Å². The van der Waals surface area contributed by atoms with Gasteiger partial charge in [0.15, 0.2) is 0 Å². The lowest BCUT2D eigenvalue weighted by Crippen LogP contribution is -2.44. The smallest absolute Gasteiger partial charge is 0.244 e. The van der Waals surface area contributed by atoms with Crippen molar-refractivity contribution in [1.82, 2.24) is 4.31 Å².